The molecule has 1 fully saturated rings. The van der Waals surface area contributed by atoms with Crippen molar-refractivity contribution in [3.05, 3.63) is 53.1 Å². The maximum atomic E-state index is 12.3. The number of hydrogen-bond acceptors (Lipinski definition) is 6. The van der Waals surface area contributed by atoms with E-state index in [1.54, 1.807) is 11.3 Å². The van der Waals surface area contributed by atoms with E-state index >= 15 is 0 Å². The number of fused-ring (bicyclic) bond motifs is 2. The van der Waals surface area contributed by atoms with Crippen molar-refractivity contribution in [1.29, 1.82) is 5.26 Å². The van der Waals surface area contributed by atoms with Crippen LogP contribution in [-0.4, -0.2) is 40.2 Å². The van der Waals surface area contributed by atoms with Crippen LogP contribution in [0, 0.1) is 11.3 Å². The second-order valence-electron chi connectivity index (χ2n) is 9.43. The van der Waals surface area contributed by atoms with E-state index in [9.17, 15) is 10.1 Å². The van der Waals surface area contributed by atoms with Crippen molar-refractivity contribution < 1.29 is 9.53 Å². The molecule has 1 aliphatic carbocycles. The van der Waals surface area contributed by atoms with Crippen molar-refractivity contribution in [2.75, 3.05) is 13.1 Å². The van der Waals surface area contributed by atoms with Crippen LogP contribution < -0.4 is 4.74 Å². The van der Waals surface area contributed by atoms with Gasteiger partial charge in [-0.05, 0) is 62.4 Å². The smallest absolute Gasteiger partial charge is 0.222 e. The third-order valence-electron chi connectivity index (χ3n) is 6.97. The van der Waals surface area contributed by atoms with Crippen molar-refractivity contribution in [1.82, 2.24) is 15.1 Å². The second-order valence-corrected chi connectivity index (χ2v) is 10.4. The van der Waals surface area contributed by atoms with E-state index in [2.05, 4.69) is 34.5 Å². The van der Waals surface area contributed by atoms with E-state index in [0.29, 0.717) is 17.7 Å². The molecule has 0 saturated carbocycles. The minimum Gasteiger partial charge on any atom is -0.490 e. The Bertz CT molecular complexity index is 1290. The Labute approximate surface area is 204 Å². The molecule has 0 radical (unpaired) electrons. The first-order valence-electron chi connectivity index (χ1n) is 11.9. The predicted octanol–water partition coefficient (Wildman–Crippen LogP) is 5.36. The van der Waals surface area contributed by atoms with E-state index in [0.717, 1.165) is 53.5 Å². The van der Waals surface area contributed by atoms with Gasteiger partial charge in [0.2, 0.25) is 5.91 Å². The molecule has 6 nitrogen and oxygen atoms in total. The van der Waals surface area contributed by atoms with Gasteiger partial charge in [-0.25, -0.2) is 0 Å². The molecule has 1 amide bonds. The van der Waals surface area contributed by atoms with Gasteiger partial charge in [-0.2, -0.15) is 5.26 Å². The average molecular weight is 473 g/mol. The summed E-state index contributed by atoms with van der Waals surface area (Å²) in [4.78, 5) is 14.3. The molecule has 0 bridgehead atoms. The Morgan fingerprint density at radius 1 is 1.24 bits per heavy atom. The lowest BCUT2D eigenvalue weighted by atomic mass is 9.81. The van der Waals surface area contributed by atoms with Crippen molar-refractivity contribution in [2.24, 2.45) is 0 Å². The van der Waals surface area contributed by atoms with Crippen molar-refractivity contribution in [3.8, 4) is 33.0 Å². The van der Waals surface area contributed by atoms with Gasteiger partial charge in [-0.1, -0.05) is 36.5 Å². The first-order chi connectivity index (χ1) is 16.4. The zero-order valence-electron chi connectivity index (χ0n) is 19.8. The lowest BCUT2D eigenvalue weighted by Gasteiger charge is -2.25. The van der Waals surface area contributed by atoms with E-state index in [1.807, 2.05) is 43.9 Å². The van der Waals surface area contributed by atoms with Crippen LogP contribution in [-0.2, 0) is 16.6 Å². The monoisotopic (exact) mass is 472 g/mol. The molecule has 2 aliphatic rings. The molecule has 1 saturated heterocycles. The number of nitrogens with zero attached hydrogens (tertiary/aromatic N) is 4. The van der Waals surface area contributed by atoms with Gasteiger partial charge in [-0.3, -0.25) is 4.79 Å². The minimum absolute atomic E-state index is 0.00147. The third-order valence-corrected chi connectivity index (χ3v) is 7.98. The van der Waals surface area contributed by atoms with Gasteiger partial charge in [0.1, 0.15) is 21.8 Å². The molecular weight excluding hydrogens is 444 g/mol. The standard InChI is InChI=1S/C27H28N4O2S/c1-4-24(32)31-13-12-27(16-31)11-10-20-21(6-5-7-22(20)27)26-30-29-25(34-26)18-8-9-23(33-17(2)3)19(14-18)15-28/h5-9,14,17H,4,10-13,16H2,1-3H3. The van der Waals surface area contributed by atoms with Crippen LogP contribution >= 0.6 is 11.3 Å². The topological polar surface area (TPSA) is 79.1 Å². The first kappa shape index (κ1) is 22.5. The number of benzene rings is 2. The highest BCUT2D eigenvalue weighted by atomic mass is 32.1. The van der Waals surface area contributed by atoms with Crippen LogP contribution in [0.3, 0.4) is 0 Å². The van der Waals surface area contributed by atoms with E-state index in [4.69, 9.17) is 4.74 Å². The molecule has 2 aromatic carbocycles. The Balaban J connectivity index is 1.45. The molecule has 34 heavy (non-hydrogen) atoms. The van der Waals surface area contributed by atoms with Gasteiger partial charge in [-0.15, -0.1) is 10.2 Å². The molecule has 1 aliphatic heterocycles. The maximum absolute atomic E-state index is 12.3. The lowest BCUT2D eigenvalue weighted by molar-refractivity contribution is -0.130. The van der Waals surface area contributed by atoms with Gasteiger partial charge in [0.25, 0.3) is 0 Å². The van der Waals surface area contributed by atoms with E-state index < -0.39 is 0 Å². The fraction of sp³-hybridized carbons (Fsp3) is 0.407. The van der Waals surface area contributed by atoms with Gasteiger partial charge >= 0.3 is 0 Å². The molecule has 1 spiro atoms. The molecule has 7 heteroatoms. The Hall–Kier alpha value is -3.24. The highest BCUT2D eigenvalue weighted by Crippen LogP contribution is 2.48. The molecule has 5 rings (SSSR count). The first-order valence-corrected chi connectivity index (χ1v) is 12.7. The molecule has 0 N–H and O–H groups in total. The summed E-state index contributed by atoms with van der Waals surface area (Å²) in [6.45, 7) is 7.49. The number of likely N-dealkylation sites (tertiary alicyclic amines) is 1. The molecule has 3 aromatic rings. The summed E-state index contributed by atoms with van der Waals surface area (Å²) in [6.07, 6.45) is 3.66. The van der Waals surface area contributed by atoms with E-state index in [-0.39, 0.29) is 17.4 Å². The van der Waals surface area contributed by atoms with Crippen LogP contribution in [0.5, 0.6) is 5.75 Å². The zero-order valence-corrected chi connectivity index (χ0v) is 20.6. The highest BCUT2D eigenvalue weighted by molar-refractivity contribution is 7.17. The van der Waals surface area contributed by atoms with E-state index in [1.165, 1.54) is 11.1 Å². The SMILES string of the molecule is CCC(=O)N1CCC2(CCc3c(-c4nnc(-c5ccc(OC(C)C)c(C#N)c5)s4)cccc32)C1. The molecular formula is C27H28N4O2S. The number of carbonyl (C=O) groups excluding carboxylic acids is 1. The minimum atomic E-state index is 0.00147. The summed E-state index contributed by atoms with van der Waals surface area (Å²) in [6, 6.07) is 14.3. The van der Waals surface area contributed by atoms with Crippen LogP contribution in [0.25, 0.3) is 21.1 Å². The Morgan fingerprint density at radius 2 is 2.06 bits per heavy atom. The molecule has 1 atom stereocenters. The van der Waals surface area contributed by atoms with Gasteiger partial charge in [0, 0.05) is 36.1 Å². The lowest BCUT2D eigenvalue weighted by Crippen LogP contribution is -2.32. The summed E-state index contributed by atoms with van der Waals surface area (Å²) in [7, 11) is 0. The molecule has 1 aromatic heterocycles. The number of rotatable bonds is 5. The summed E-state index contributed by atoms with van der Waals surface area (Å²) in [5.41, 5.74) is 5.28. The van der Waals surface area contributed by atoms with Crippen LogP contribution in [0.1, 0.15) is 56.7 Å². The number of aromatic nitrogens is 2. The van der Waals surface area contributed by atoms with Crippen LogP contribution in [0.2, 0.25) is 0 Å². The molecule has 1 unspecified atom stereocenters. The van der Waals surface area contributed by atoms with Gasteiger partial charge in [0.05, 0.1) is 11.7 Å². The van der Waals surface area contributed by atoms with Crippen LogP contribution in [0.4, 0.5) is 0 Å². The van der Waals surface area contributed by atoms with Gasteiger partial charge in [0.15, 0.2) is 0 Å². The molecule has 2 heterocycles. The molecule has 174 valence electrons. The summed E-state index contributed by atoms with van der Waals surface area (Å²) in [5.74, 6) is 0.834. The highest BCUT2D eigenvalue weighted by Gasteiger charge is 2.45. The zero-order chi connectivity index (χ0) is 23.9. The average Bonchev–Trinajstić information content (AvgIpc) is 3.58. The number of amides is 1. The van der Waals surface area contributed by atoms with Crippen molar-refractivity contribution in [3.63, 3.8) is 0 Å². The van der Waals surface area contributed by atoms with Gasteiger partial charge < -0.3 is 9.64 Å². The number of ether oxygens (including phenoxy) is 1. The second kappa shape index (κ2) is 8.84. The Morgan fingerprint density at radius 3 is 2.82 bits per heavy atom. The van der Waals surface area contributed by atoms with Crippen molar-refractivity contribution >= 4 is 17.2 Å². The summed E-state index contributed by atoms with van der Waals surface area (Å²) in [5, 5.41) is 20.2. The number of carbonyl (C=O) groups is 1. The fourth-order valence-electron chi connectivity index (χ4n) is 5.34. The van der Waals surface area contributed by atoms with Crippen LogP contribution in [0.15, 0.2) is 36.4 Å². The number of nitriles is 1. The summed E-state index contributed by atoms with van der Waals surface area (Å²) < 4.78 is 5.75. The maximum Gasteiger partial charge on any atom is 0.222 e. The van der Waals surface area contributed by atoms with Crippen molar-refractivity contribution in [2.45, 2.75) is 58.0 Å². The Kier molecular flexibility index (Phi) is 5.86. The quantitative estimate of drug-likeness (QED) is 0.500. The summed E-state index contributed by atoms with van der Waals surface area (Å²) >= 11 is 1.55. The third kappa shape index (κ3) is 3.86. The predicted molar refractivity (Wildman–Crippen MR) is 133 cm³/mol. The normalized spacial score (nSPS) is 19.0. The fourth-order valence-corrected chi connectivity index (χ4v) is 6.23. The number of hydrogen-bond donors (Lipinski definition) is 0. The largest absolute Gasteiger partial charge is 0.490 e.